The van der Waals surface area contributed by atoms with Crippen molar-refractivity contribution in [3.63, 3.8) is 0 Å². The normalized spacial score (nSPS) is 20.7. The fraction of sp³-hybridized carbons (Fsp3) is 0.500. The van der Waals surface area contributed by atoms with E-state index >= 15 is 0 Å². The van der Waals surface area contributed by atoms with Crippen LogP contribution in [0.1, 0.15) is 32.1 Å². The van der Waals surface area contributed by atoms with Crippen LogP contribution >= 0.6 is 35.7 Å². The number of hydrogen-bond acceptors (Lipinski definition) is 5. The number of amidine groups is 1. The van der Waals surface area contributed by atoms with Crippen molar-refractivity contribution in [3.05, 3.63) is 36.9 Å². The molecular weight excluding hydrogens is 437 g/mol. The molecule has 0 unspecified atom stereocenters. The SMILES string of the molecule is C=CCSC(=S)N1CC2(CCCCC2)CSC1=Nc1cccc(OC(F)(F)F)c1. The molecule has 0 bridgehead atoms. The quantitative estimate of drug-likeness (QED) is 0.364. The van der Waals surface area contributed by atoms with Gasteiger partial charge in [0, 0.05) is 24.1 Å². The third-order valence-electron chi connectivity index (χ3n) is 4.97. The van der Waals surface area contributed by atoms with E-state index in [2.05, 4.69) is 21.2 Å². The second-order valence-corrected chi connectivity index (χ2v) is 9.84. The molecule has 1 aromatic rings. The molecular formula is C20H23F3N2OS3. The van der Waals surface area contributed by atoms with Gasteiger partial charge in [0.05, 0.1) is 5.69 Å². The minimum atomic E-state index is -4.73. The van der Waals surface area contributed by atoms with Gasteiger partial charge < -0.3 is 9.64 Å². The Morgan fingerprint density at radius 2 is 2.10 bits per heavy atom. The molecule has 0 atom stereocenters. The van der Waals surface area contributed by atoms with Gasteiger partial charge in [-0.2, -0.15) is 0 Å². The second-order valence-electron chi connectivity index (χ2n) is 7.24. The summed E-state index contributed by atoms with van der Waals surface area (Å²) in [5.74, 6) is 1.38. The van der Waals surface area contributed by atoms with E-state index in [1.165, 1.54) is 62.1 Å². The number of halogens is 3. The highest BCUT2D eigenvalue weighted by molar-refractivity contribution is 8.23. The first kappa shape index (κ1) is 22.5. The highest BCUT2D eigenvalue weighted by atomic mass is 32.2. The monoisotopic (exact) mass is 460 g/mol. The van der Waals surface area contributed by atoms with E-state index in [1.54, 1.807) is 23.9 Å². The van der Waals surface area contributed by atoms with E-state index in [1.807, 2.05) is 0 Å². The first-order valence-corrected chi connectivity index (χ1v) is 11.8. The summed E-state index contributed by atoms with van der Waals surface area (Å²) in [7, 11) is 0. The fourth-order valence-electron chi connectivity index (χ4n) is 3.65. The molecule has 2 fully saturated rings. The van der Waals surface area contributed by atoms with Crippen molar-refractivity contribution >= 4 is 50.9 Å². The number of benzene rings is 1. The first-order valence-electron chi connectivity index (χ1n) is 9.43. The zero-order valence-electron chi connectivity index (χ0n) is 15.9. The lowest BCUT2D eigenvalue weighted by Crippen LogP contribution is -2.49. The van der Waals surface area contributed by atoms with Gasteiger partial charge in [-0.05, 0) is 30.4 Å². The lowest BCUT2D eigenvalue weighted by Gasteiger charge is -2.45. The van der Waals surface area contributed by atoms with Crippen LogP contribution in [0.4, 0.5) is 18.9 Å². The summed E-state index contributed by atoms with van der Waals surface area (Å²) in [5.41, 5.74) is 0.637. The number of aliphatic imine (C=N–C) groups is 1. The van der Waals surface area contributed by atoms with Crippen LogP contribution in [0, 0.1) is 5.41 Å². The highest BCUT2D eigenvalue weighted by Crippen LogP contribution is 2.44. The minimum absolute atomic E-state index is 0.224. The summed E-state index contributed by atoms with van der Waals surface area (Å²) in [6, 6.07) is 5.74. The standard InChI is InChI=1S/C20H23F3N2OS3/c1-2-11-28-18(27)25-13-19(9-4-3-5-10-19)14-29-17(25)24-15-7-6-8-16(12-15)26-20(21,22)23/h2,6-8,12H,1,3-5,9-11,13-14H2. The van der Waals surface area contributed by atoms with E-state index in [0.29, 0.717) is 11.4 Å². The van der Waals surface area contributed by atoms with Crippen LogP contribution in [0.5, 0.6) is 5.75 Å². The van der Waals surface area contributed by atoms with Crippen molar-refractivity contribution in [1.29, 1.82) is 0 Å². The molecule has 1 saturated carbocycles. The van der Waals surface area contributed by atoms with E-state index in [4.69, 9.17) is 12.2 Å². The van der Waals surface area contributed by atoms with Crippen LogP contribution in [0.25, 0.3) is 0 Å². The molecule has 3 nitrogen and oxygen atoms in total. The largest absolute Gasteiger partial charge is 0.573 e. The Morgan fingerprint density at radius 3 is 2.79 bits per heavy atom. The predicted octanol–water partition coefficient (Wildman–Crippen LogP) is 6.78. The van der Waals surface area contributed by atoms with Gasteiger partial charge in [-0.15, -0.1) is 19.8 Å². The average Bonchev–Trinajstić information content (AvgIpc) is 2.67. The van der Waals surface area contributed by atoms with Gasteiger partial charge in [0.15, 0.2) is 5.17 Å². The number of alkyl halides is 3. The lowest BCUT2D eigenvalue weighted by molar-refractivity contribution is -0.274. The van der Waals surface area contributed by atoms with Gasteiger partial charge in [-0.3, -0.25) is 0 Å². The Labute approximate surface area is 183 Å². The number of thioether (sulfide) groups is 2. The molecule has 3 rings (SSSR count). The molecule has 2 aliphatic rings. The number of nitrogens with zero attached hydrogens (tertiary/aromatic N) is 2. The van der Waals surface area contributed by atoms with Gasteiger partial charge in [-0.25, -0.2) is 4.99 Å². The molecule has 29 heavy (non-hydrogen) atoms. The van der Waals surface area contributed by atoms with Gasteiger partial charge >= 0.3 is 6.36 Å². The summed E-state index contributed by atoms with van der Waals surface area (Å²) in [6.45, 7) is 4.55. The number of thiocarbonyl (C=S) groups is 1. The smallest absolute Gasteiger partial charge is 0.406 e. The summed E-state index contributed by atoms with van der Waals surface area (Å²) >= 11 is 8.82. The molecule has 1 spiro atoms. The number of rotatable bonds is 4. The molecule has 9 heteroatoms. The maximum Gasteiger partial charge on any atom is 0.573 e. The van der Waals surface area contributed by atoms with Gasteiger partial charge in [0.25, 0.3) is 0 Å². The Hall–Kier alpha value is -1.19. The average molecular weight is 461 g/mol. The lowest BCUT2D eigenvalue weighted by atomic mass is 9.75. The predicted molar refractivity (Wildman–Crippen MR) is 120 cm³/mol. The zero-order valence-corrected chi connectivity index (χ0v) is 18.4. The number of hydrogen-bond donors (Lipinski definition) is 0. The van der Waals surface area contributed by atoms with Crippen molar-refractivity contribution in [3.8, 4) is 5.75 Å². The Morgan fingerprint density at radius 1 is 1.34 bits per heavy atom. The van der Waals surface area contributed by atoms with Crippen LogP contribution in [0.3, 0.4) is 0 Å². The summed E-state index contributed by atoms with van der Waals surface area (Å²) in [6.07, 6.45) is 3.15. The minimum Gasteiger partial charge on any atom is -0.406 e. The Balaban J connectivity index is 1.84. The van der Waals surface area contributed by atoms with Crippen molar-refractivity contribution in [2.24, 2.45) is 10.4 Å². The van der Waals surface area contributed by atoms with Crippen molar-refractivity contribution in [1.82, 2.24) is 4.90 Å². The fourth-order valence-corrected chi connectivity index (χ4v) is 5.99. The van der Waals surface area contributed by atoms with Crippen molar-refractivity contribution in [2.75, 3.05) is 18.1 Å². The van der Waals surface area contributed by atoms with Crippen LogP contribution in [0.15, 0.2) is 41.9 Å². The molecule has 1 aromatic carbocycles. The third-order valence-corrected chi connectivity index (χ3v) is 7.74. The summed E-state index contributed by atoms with van der Waals surface area (Å²) in [5, 5.41) is 0.729. The molecule has 0 aromatic heterocycles. The second kappa shape index (κ2) is 9.75. The van der Waals surface area contributed by atoms with E-state index in [-0.39, 0.29) is 11.2 Å². The highest BCUT2D eigenvalue weighted by Gasteiger charge is 2.40. The van der Waals surface area contributed by atoms with Crippen LogP contribution in [-0.2, 0) is 0 Å². The van der Waals surface area contributed by atoms with Gasteiger partial charge in [0.2, 0.25) is 0 Å². The molecule has 1 aliphatic heterocycles. The van der Waals surface area contributed by atoms with Gasteiger partial charge in [-0.1, -0.05) is 67.1 Å². The maximum atomic E-state index is 12.5. The first-order chi connectivity index (χ1) is 13.8. The molecule has 0 amide bonds. The topological polar surface area (TPSA) is 24.8 Å². The summed E-state index contributed by atoms with van der Waals surface area (Å²) in [4.78, 5) is 6.68. The van der Waals surface area contributed by atoms with E-state index in [0.717, 1.165) is 21.8 Å². The van der Waals surface area contributed by atoms with Crippen LogP contribution in [-0.4, -0.2) is 38.8 Å². The van der Waals surface area contributed by atoms with Gasteiger partial charge in [0.1, 0.15) is 10.1 Å². The van der Waals surface area contributed by atoms with Crippen molar-refractivity contribution < 1.29 is 17.9 Å². The molecule has 1 aliphatic carbocycles. The van der Waals surface area contributed by atoms with Crippen LogP contribution in [0.2, 0.25) is 0 Å². The van der Waals surface area contributed by atoms with E-state index in [9.17, 15) is 13.2 Å². The Bertz CT molecular complexity index is 776. The third kappa shape index (κ3) is 6.39. The maximum absolute atomic E-state index is 12.5. The van der Waals surface area contributed by atoms with Crippen molar-refractivity contribution in [2.45, 2.75) is 38.5 Å². The zero-order chi connectivity index (χ0) is 20.9. The molecule has 1 heterocycles. The number of ether oxygens (including phenoxy) is 1. The molecule has 0 N–H and O–H groups in total. The summed E-state index contributed by atoms with van der Waals surface area (Å²) < 4.78 is 42.3. The van der Waals surface area contributed by atoms with Crippen LogP contribution < -0.4 is 4.74 Å². The Kier molecular flexibility index (Phi) is 7.56. The van der Waals surface area contributed by atoms with E-state index < -0.39 is 6.36 Å². The molecule has 0 radical (unpaired) electrons. The molecule has 158 valence electrons. The molecule has 1 saturated heterocycles.